The van der Waals surface area contributed by atoms with Crippen molar-refractivity contribution in [3.05, 3.63) is 47.1 Å². The highest BCUT2D eigenvalue weighted by Gasteiger charge is 2.15. The van der Waals surface area contributed by atoms with Gasteiger partial charge in [-0.05, 0) is 18.6 Å². The number of aromatic nitrogens is 3. The van der Waals surface area contributed by atoms with Gasteiger partial charge < -0.3 is 10.3 Å². The zero-order valence-electron chi connectivity index (χ0n) is 11.4. The first-order valence-electron chi connectivity index (χ1n) is 6.42. The molecule has 0 aliphatic heterocycles. The van der Waals surface area contributed by atoms with Crippen molar-refractivity contribution in [3.8, 4) is 11.4 Å². The number of nitrogens with two attached hydrogens (primary N) is 1. The van der Waals surface area contributed by atoms with E-state index >= 15 is 0 Å². The molecular weight excluding hydrogens is 304 g/mol. The minimum absolute atomic E-state index is 0.390. The quantitative estimate of drug-likeness (QED) is 0.753. The van der Waals surface area contributed by atoms with Crippen LogP contribution >= 0.6 is 23.8 Å². The van der Waals surface area contributed by atoms with Crippen LogP contribution in [0.2, 0.25) is 5.02 Å². The second-order valence-corrected chi connectivity index (χ2v) is 5.76. The van der Waals surface area contributed by atoms with Crippen molar-refractivity contribution in [2.24, 2.45) is 5.73 Å². The summed E-state index contributed by atoms with van der Waals surface area (Å²) in [6, 6.07) is 9.83. The third kappa shape index (κ3) is 2.62. The normalized spacial score (nSPS) is 11.0. The highest BCUT2D eigenvalue weighted by molar-refractivity contribution is 7.80. The molecule has 0 bridgehead atoms. The number of pyridine rings is 1. The van der Waals surface area contributed by atoms with Crippen molar-refractivity contribution in [1.29, 1.82) is 0 Å². The van der Waals surface area contributed by atoms with Crippen molar-refractivity contribution in [2.75, 3.05) is 0 Å². The van der Waals surface area contributed by atoms with E-state index in [0.717, 1.165) is 28.1 Å². The Balaban J connectivity index is 2.30. The van der Waals surface area contributed by atoms with E-state index in [2.05, 4.69) is 9.97 Å². The van der Waals surface area contributed by atoms with E-state index in [1.807, 2.05) is 35.8 Å². The smallest absolute Gasteiger partial charge is 0.160 e. The molecule has 0 aliphatic carbocycles. The summed E-state index contributed by atoms with van der Waals surface area (Å²) in [5, 5.41) is 0.554. The van der Waals surface area contributed by atoms with E-state index in [1.165, 1.54) is 0 Å². The molecule has 6 heteroatoms. The van der Waals surface area contributed by atoms with Gasteiger partial charge in [-0.25, -0.2) is 9.97 Å². The maximum Gasteiger partial charge on any atom is 0.160 e. The first-order chi connectivity index (χ1) is 10.1. The molecule has 1 aromatic carbocycles. The van der Waals surface area contributed by atoms with Crippen LogP contribution in [0.5, 0.6) is 0 Å². The predicted molar refractivity (Wildman–Crippen MR) is 89.5 cm³/mol. The van der Waals surface area contributed by atoms with E-state index in [0.29, 0.717) is 16.6 Å². The number of hydrogen-bond donors (Lipinski definition) is 1. The van der Waals surface area contributed by atoms with E-state index in [1.54, 1.807) is 12.3 Å². The summed E-state index contributed by atoms with van der Waals surface area (Å²) in [6.45, 7) is 2.43. The molecule has 3 aromatic rings. The number of fused-ring (bicyclic) bond motifs is 1. The standard InChI is InChI=1S/C15H13ClN4S/c1-9-4-2-3-5-11(9)14-19-12-6-10(16)7-18-15(12)20(14)8-13(17)21/h2-7H,8H2,1H3,(H2,17,21). The topological polar surface area (TPSA) is 56.7 Å². The van der Waals surface area contributed by atoms with Crippen LogP contribution in [-0.2, 0) is 6.54 Å². The van der Waals surface area contributed by atoms with Crippen LogP contribution in [0.15, 0.2) is 36.5 Å². The zero-order valence-corrected chi connectivity index (χ0v) is 12.9. The molecule has 2 N–H and O–H groups in total. The van der Waals surface area contributed by atoms with Gasteiger partial charge >= 0.3 is 0 Å². The number of rotatable bonds is 3. The number of benzene rings is 1. The van der Waals surface area contributed by atoms with Crippen molar-refractivity contribution in [2.45, 2.75) is 13.5 Å². The third-order valence-corrected chi connectivity index (χ3v) is 3.59. The molecule has 106 valence electrons. The largest absolute Gasteiger partial charge is 0.392 e. The second kappa shape index (κ2) is 5.42. The van der Waals surface area contributed by atoms with E-state index in [-0.39, 0.29) is 0 Å². The van der Waals surface area contributed by atoms with Crippen molar-refractivity contribution < 1.29 is 0 Å². The van der Waals surface area contributed by atoms with E-state index < -0.39 is 0 Å². The fraction of sp³-hybridized carbons (Fsp3) is 0.133. The highest BCUT2D eigenvalue weighted by Crippen LogP contribution is 2.27. The lowest BCUT2D eigenvalue weighted by atomic mass is 10.1. The molecule has 0 aliphatic rings. The molecular formula is C15H13ClN4S. The molecule has 0 saturated heterocycles. The van der Waals surface area contributed by atoms with Gasteiger partial charge in [-0.2, -0.15) is 0 Å². The minimum atomic E-state index is 0.390. The Labute approximate surface area is 132 Å². The Morgan fingerprint density at radius 3 is 2.86 bits per heavy atom. The first-order valence-corrected chi connectivity index (χ1v) is 7.21. The molecule has 2 heterocycles. The summed E-state index contributed by atoms with van der Waals surface area (Å²) >= 11 is 11.1. The molecule has 4 nitrogen and oxygen atoms in total. The summed E-state index contributed by atoms with van der Waals surface area (Å²) in [5.41, 5.74) is 9.34. The lowest BCUT2D eigenvalue weighted by Gasteiger charge is -2.09. The molecule has 0 radical (unpaired) electrons. The summed E-state index contributed by atoms with van der Waals surface area (Å²) in [5.74, 6) is 0.797. The van der Waals surface area contributed by atoms with E-state index in [4.69, 9.17) is 29.6 Å². The average molecular weight is 317 g/mol. The van der Waals surface area contributed by atoms with Gasteiger partial charge in [0.05, 0.1) is 16.6 Å². The molecule has 0 unspecified atom stereocenters. The average Bonchev–Trinajstić information content (AvgIpc) is 2.76. The van der Waals surface area contributed by atoms with Crippen molar-refractivity contribution in [3.63, 3.8) is 0 Å². The van der Waals surface area contributed by atoms with Crippen molar-refractivity contribution in [1.82, 2.24) is 14.5 Å². The molecule has 3 rings (SSSR count). The molecule has 0 spiro atoms. The molecule has 0 atom stereocenters. The summed E-state index contributed by atoms with van der Waals surface area (Å²) < 4.78 is 1.93. The van der Waals surface area contributed by atoms with Gasteiger partial charge in [-0.15, -0.1) is 0 Å². The fourth-order valence-electron chi connectivity index (χ4n) is 2.32. The SMILES string of the molecule is Cc1ccccc1-c1nc2cc(Cl)cnc2n1CC(N)=S. The highest BCUT2D eigenvalue weighted by atomic mass is 35.5. The molecule has 0 amide bonds. The van der Waals surface area contributed by atoms with Gasteiger partial charge in [0.2, 0.25) is 0 Å². The maximum atomic E-state index is 6.00. The first kappa shape index (κ1) is 14.0. The zero-order chi connectivity index (χ0) is 15.0. The number of nitrogens with zero attached hydrogens (tertiary/aromatic N) is 3. The van der Waals surface area contributed by atoms with Gasteiger partial charge in [-0.1, -0.05) is 48.1 Å². The Morgan fingerprint density at radius 2 is 2.14 bits per heavy atom. The van der Waals surface area contributed by atoms with E-state index in [9.17, 15) is 0 Å². The molecule has 2 aromatic heterocycles. The molecule has 0 fully saturated rings. The maximum absolute atomic E-state index is 6.00. The van der Waals surface area contributed by atoms with Crippen molar-refractivity contribution >= 4 is 40.0 Å². The van der Waals surface area contributed by atoms with Gasteiger partial charge in [0.15, 0.2) is 5.65 Å². The third-order valence-electron chi connectivity index (χ3n) is 3.25. The van der Waals surface area contributed by atoms with Crippen LogP contribution in [0.3, 0.4) is 0 Å². The summed E-state index contributed by atoms with van der Waals surface area (Å²) in [6.07, 6.45) is 1.60. The number of aryl methyl sites for hydroxylation is 1. The van der Waals surface area contributed by atoms with Gasteiger partial charge in [0.25, 0.3) is 0 Å². The predicted octanol–water partition coefficient (Wildman–Crippen LogP) is 3.35. The monoisotopic (exact) mass is 316 g/mol. The summed E-state index contributed by atoms with van der Waals surface area (Å²) in [7, 11) is 0. The second-order valence-electron chi connectivity index (χ2n) is 4.80. The number of imidazole rings is 1. The minimum Gasteiger partial charge on any atom is -0.392 e. The molecule has 0 saturated carbocycles. The number of hydrogen-bond acceptors (Lipinski definition) is 3. The fourth-order valence-corrected chi connectivity index (χ4v) is 2.60. The lowest BCUT2D eigenvalue weighted by Crippen LogP contribution is -2.17. The summed E-state index contributed by atoms with van der Waals surface area (Å²) in [4.78, 5) is 9.41. The van der Waals surface area contributed by atoms with Crippen LogP contribution in [0.25, 0.3) is 22.6 Å². The van der Waals surface area contributed by atoms with Crippen LogP contribution in [0.4, 0.5) is 0 Å². The Morgan fingerprint density at radius 1 is 1.38 bits per heavy atom. The van der Waals surface area contributed by atoms with Gasteiger partial charge in [-0.3, -0.25) is 0 Å². The Hall–Kier alpha value is -1.98. The van der Waals surface area contributed by atoms with Crippen LogP contribution in [-0.4, -0.2) is 19.5 Å². The number of thiocarbonyl (C=S) groups is 1. The van der Waals surface area contributed by atoms with Crippen LogP contribution < -0.4 is 5.73 Å². The number of halogens is 1. The lowest BCUT2D eigenvalue weighted by molar-refractivity contribution is 0.881. The Bertz CT molecular complexity index is 841. The molecule has 21 heavy (non-hydrogen) atoms. The van der Waals surface area contributed by atoms with Crippen LogP contribution in [0.1, 0.15) is 5.56 Å². The van der Waals surface area contributed by atoms with Crippen LogP contribution in [0, 0.1) is 6.92 Å². The van der Waals surface area contributed by atoms with Gasteiger partial charge in [0, 0.05) is 11.8 Å². The van der Waals surface area contributed by atoms with Gasteiger partial charge in [0.1, 0.15) is 11.3 Å². The Kier molecular flexibility index (Phi) is 3.61.